The van der Waals surface area contributed by atoms with Crippen molar-refractivity contribution >= 4 is 24.3 Å². The number of aliphatic hydroxyl groups is 1. The molecule has 0 unspecified atom stereocenters. The smallest absolute Gasteiger partial charge is 0.243 e. The van der Waals surface area contributed by atoms with Crippen LogP contribution in [0.1, 0.15) is 12.0 Å². The third-order valence-electron chi connectivity index (χ3n) is 3.57. The minimum atomic E-state index is -0.454. The number of hydrogen-bond acceptors (Lipinski definition) is 4. The van der Waals surface area contributed by atoms with Crippen LogP contribution in [-0.4, -0.2) is 39.3 Å². The Balaban J connectivity index is 0.00000176. The number of nitrogens with one attached hydrogen (secondary N) is 2. The van der Waals surface area contributed by atoms with Crippen LogP contribution in [-0.2, 0) is 11.3 Å². The topological polar surface area (TPSA) is 79.2 Å². The van der Waals surface area contributed by atoms with Crippen LogP contribution in [0, 0.1) is 0 Å². The Kier molecular flexibility index (Phi) is 5.54. The molecule has 6 nitrogen and oxygen atoms in total. The van der Waals surface area contributed by atoms with Crippen LogP contribution >= 0.6 is 12.4 Å². The Hall–Kier alpha value is -1.89. The average molecular weight is 323 g/mol. The molecular weight excluding hydrogens is 304 g/mol. The first kappa shape index (κ1) is 16.5. The summed E-state index contributed by atoms with van der Waals surface area (Å²) in [5.74, 6) is 0.360. The van der Waals surface area contributed by atoms with Crippen molar-refractivity contribution in [2.45, 2.75) is 25.1 Å². The molecule has 22 heavy (non-hydrogen) atoms. The number of hydrogen-bond donors (Lipinski definition) is 3. The second-order valence-electron chi connectivity index (χ2n) is 5.20. The average Bonchev–Trinajstić information content (AvgIpc) is 3.10. The first-order valence-electron chi connectivity index (χ1n) is 7.00. The number of rotatable bonds is 4. The Bertz CT molecular complexity index is 617. The first-order valence-corrected chi connectivity index (χ1v) is 7.00. The summed E-state index contributed by atoms with van der Waals surface area (Å²) < 4.78 is 1.89. The molecule has 3 rings (SSSR count). The van der Waals surface area contributed by atoms with Gasteiger partial charge in [0.1, 0.15) is 0 Å². The number of aliphatic hydroxyl groups excluding tert-OH is 1. The van der Waals surface area contributed by atoms with Crippen molar-refractivity contribution in [2.75, 3.05) is 11.9 Å². The predicted octanol–water partition coefficient (Wildman–Crippen LogP) is 1.01. The minimum Gasteiger partial charge on any atom is -0.392 e. The zero-order valence-corrected chi connectivity index (χ0v) is 12.8. The van der Waals surface area contributed by atoms with E-state index < -0.39 is 6.10 Å². The molecule has 0 spiro atoms. The van der Waals surface area contributed by atoms with Crippen molar-refractivity contribution in [1.29, 1.82) is 0 Å². The van der Waals surface area contributed by atoms with Gasteiger partial charge in [0.05, 0.1) is 18.7 Å². The van der Waals surface area contributed by atoms with Crippen molar-refractivity contribution in [3.8, 4) is 0 Å². The quantitative estimate of drug-likeness (QED) is 0.785. The van der Waals surface area contributed by atoms with E-state index in [0.29, 0.717) is 25.5 Å². The number of halogens is 1. The van der Waals surface area contributed by atoms with E-state index in [0.717, 1.165) is 5.56 Å². The third-order valence-corrected chi connectivity index (χ3v) is 3.57. The number of imidazole rings is 1. The maximum atomic E-state index is 12.1. The van der Waals surface area contributed by atoms with Crippen LogP contribution in [0.5, 0.6) is 0 Å². The molecule has 2 heterocycles. The lowest BCUT2D eigenvalue weighted by atomic mass is 10.2. The second kappa shape index (κ2) is 7.40. The summed E-state index contributed by atoms with van der Waals surface area (Å²) in [7, 11) is 0. The summed E-state index contributed by atoms with van der Waals surface area (Å²) >= 11 is 0. The van der Waals surface area contributed by atoms with Gasteiger partial charge in [-0.2, -0.15) is 0 Å². The first-order chi connectivity index (χ1) is 10.2. The Morgan fingerprint density at radius 3 is 2.86 bits per heavy atom. The minimum absolute atomic E-state index is 0. The Morgan fingerprint density at radius 2 is 2.18 bits per heavy atom. The van der Waals surface area contributed by atoms with E-state index in [-0.39, 0.29) is 24.4 Å². The normalized spacial score (nSPS) is 20.4. The molecule has 7 heteroatoms. The summed E-state index contributed by atoms with van der Waals surface area (Å²) in [6.07, 6.45) is 3.48. The highest BCUT2D eigenvalue weighted by atomic mass is 35.5. The molecule has 0 aliphatic carbocycles. The highest BCUT2D eigenvalue weighted by Crippen LogP contribution is 2.12. The van der Waals surface area contributed by atoms with E-state index in [1.165, 1.54) is 0 Å². The zero-order chi connectivity index (χ0) is 14.7. The summed E-state index contributed by atoms with van der Waals surface area (Å²) in [5, 5.41) is 15.3. The molecule has 1 aromatic carbocycles. The van der Waals surface area contributed by atoms with E-state index in [2.05, 4.69) is 15.6 Å². The van der Waals surface area contributed by atoms with Gasteiger partial charge in [-0.15, -0.1) is 12.4 Å². The van der Waals surface area contributed by atoms with Gasteiger partial charge >= 0.3 is 0 Å². The number of amides is 1. The number of benzene rings is 1. The fourth-order valence-corrected chi connectivity index (χ4v) is 2.46. The molecule has 1 aromatic heterocycles. The van der Waals surface area contributed by atoms with Crippen molar-refractivity contribution < 1.29 is 9.90 Å². The summed E-state index contributed by atoms with van der Waals surface area (Å²) in [5.41, 5.74) is 1.14. The van der Waals surface area contributed by atoms with Gasteiger partial charge in [0.25, 0.3) is 0 Å². The fraction of sp³-hybridized carbons (Fsp3) is 0.333. The van der Waals surface area contributed by atoms with Gasteiger partial charge in [-0.3, -0.25) is 10.1 Å². The number of carbonyl (C=O) groups is 1. The molecular formula is C15H19ClN4O2. The largest absolute Gasteiger partial charge is 0.392 e. The molecule has 3 N–H and O–H groups in total. The van der Waals surface area contributed by atoms with Gasteiger partial charge < -0.3 is 15.0 Å². The van der Waals surface area contributed by atoms with Crippen LogP contribution in [0.25, 0.3) is 0 Å². The van der Waals surface area contributed by atoms with Crippen LogP contribution in [0.3, 0.4) is 0 Å². The van der Waals surface area contributed by atoms with E-state index in [4.69, 9.17) is 0 Å². The molecule has 1 fully saturated rings. The summed E-state index contributed by atoms with van der Waals surface area (Å²) in [4.78, 5) is 16.3. The maximum Gasteiger partial charge on any atom is 0.243 e. The Morgan fingerprint density at radius 1 is 1.41 bits per heavy atom. The molecule has 1 saturated heterocycles. The Labute approximate surface area is 135 Å². The number of nitrogens with zero attached hydrogens (tertiary/aromatic N) is 2. The van der Waals surface area contributed by atoms with Gasteiger partial charge in [-0.05, 0) is 12.0 Å². The lowest BCUT2D eigenvalue weighted by Crippen LogP contribution is -2.36. The van der Waals surface area contributed by atoms with Crippen molar-refractivity contribution in [2.24, 2.45) is 0 Å². The predicted molar refractivity (Wildman–Crippen MR) is 86.1 cm³/mol. The maximum absolute atomic E-state index is 12.1. The van der Waals surface area contributed by atoms with E-state index in [1.807, 2.05) is 41.1 Å². The van der Waals surface area contributed by atoms with Crippen LogP contribution in [0.2, 0.25) is 0 Å². The zero-order valence-electron chi connectivity index (χ0n) is 12.0. The molecule has 2 aromatic rings. The molecule has 0 radical (unpaired) electrons. The molecule has 0 bridgehead atoms. The van der Waals surface area contributed by atoms with Crippen molar-refractivity contribution in [3.63, 3.8) is 0 Å². The fourth-order valence-electron chi connectivity index (χ4n) is 2.46. The molecule has 1 aliphatic heterocycles. The van der Waals surface area contributed by atoms with Crippen molar-refractivity contribution in [1.82, 2.24) is 14.9 Å². The van der Waals surface area contributed by atoms with Gasteiger partial charge in [-0.25, -0.2) is 4.98 Å². The number of carbonyl (C=O) groups excluding carboxylic acids is 1. The number of aromatic nitrogens is 2. The molecule has 1 amide bonds. The molecule has 1 aliphatic rings. The van der Waals surface area contributed by atoms with Crippen molar-refractivity contribution in [3.05, 3.63) is 48.3 Å². The number of anilines is 1. The van der Waals surface area contributed by atoms with Gasteiger partial charge in [0.2, 0.25) is 11.9 Å². The highest BCUT2D eigenvalue weighted by Gasteiger charge is 2.28. The van der Waals surface area contributed by atoms with Gasteiger partial charge in [0, 0.05) is 18.9 Å². The lowest BCUT2D eigenvalue weighted by Gasteiger charge is -2.12. The van der Waals surface area contributed by atoms with E-state index in [1.54, 1.807) is 6.20 Å². The third kappa shape index (κ3) is 3.85. The summed E-state index contributed by atoms with van der Waals surface area (Å²) in [6, 6.07) is 9.63. The standard InChI is InChI=1S/C15H18N4O2.ClH/c20-12-8-13(17-9-12)14(21)18-15-16-6-7-19(15)10-11-4-2-1-3-5-11;/h1-7,12-13,17,20H,8-10H2,(H,16,18,21);1H/t12-,13+;/m0./s1. The van der Waals surface area contributed by atoms with Crippen LogP contribution < -0.4 is 10.6 Å². The number of β-amino-alcohol motifs (C(OH)–C–C–N with tert-alkyl or cyclic N) is 1. The lowest BCUT2D eigenvalue weighted by molar-refractivity contribution is -0.118. The SMILES string of the molecule is Cl.O=C(Nc1nccn1Cc1ccccc1)[C@H]1C[C@H](O)CN1. The van der Waals surface area contributed by atoms with E-state index >= 15 is 0 Å². The van der Waals surface area contributed by atoms with Crippen LogP contribution in [0.4, 0.5) is 5.95 Å². The monoisotopic (exact) mass is 322 g/mol. The summed E-state index contributed by atoms with van der Waals surface area (Å²) in [6.45, 7) is 1.10. The van der Waals surface area contributed by atoms with Gasteiger partial charge in [-0.1, -0.05) is 30.3 Å². The van der Waals surface area contributed by atoms with E-state index in [9.17, 15) is 9.90 Å². The molecule has 118 valence electrons. The van der Waals surface area contributed by atoms with Crippen LogP contribution in [0.15, 0.2) is 42.7 Å². The van der Waals surface area contributed by atoms with Gasteiger partial charge in [0.15, 0.2) is 0 Å². The molecule has 2 atom stereocenters. The second-order valence-corrected chi connectivity index (χ2v) is 5.20. The molecule has 0 saturated carbocycles. The highest BCUT2D eigenvalue weighted by molar-refractivity contribution is 5.93.